The van der Waals surface area contributed by atoms with Gasteiger partial charge in [-0.05, 0) is 50.2 Å². The van der Waals surface area contributed by atoms with Gasteiger partial charge in [-0.2, -0.15) is 0 Å². The van der Waals surface area contributed by atoms with Gasteiger partial charge in [0.15, 0.2) is 0 Å². The average molecular weight is 471 g/mol. The summed E-state index contributed by atoms with van der Waals surface area (Å²) in [4.78, 5) is 33.0. The van der Waals surface area contributed by atoms with Crippen molar-refractivity contribution in [1.82, 2.24) is 20.1 Å². The van der Waals surface area contributed by atoms with Crippen LogP contribution >= 0.6 is 11.3 Å². The van der Waals surface area contributed by atoms with E-state index < -0.39 is 6.09 Å². The van der Waals surface area contributed by atoms with Gasteiger partial charge in [-0.3, -0.25) is 4.79 Å². The number of nitrogens with one attached hydrogen (secondary N) is 1. The maximum absolute atomic E-state index is 12.2. The molecule has 2 N–H and O–H groups in total. The minimum absolute atomic E-state index is 0.197. The lowest BCUT2D eigenvalue weighted by atomic mass is 9.86. The van der Waals surface area contributed by atoms with Crippen molar-refractivity contribution >= 4 is 23.3 Å². The van der Waals surface area contributed by atoms with Gasteiger partial charge in [-0.1, -0.05) is 6.42 Å². The molecule has 33 heavy (non-hydrogen) atoms. The Kier molecular flexibility index (Phi) is 6.50. The highest BCUT2D eigenvalue weighted by molar-refractivity contribution is 7.15. The fraction of sp³-hybridized carbons (Fsp3) is 0.542. The second-order valence-corrected chi connectivity index (χ2v) is 10.2. The molecule has 2 fully saturated rings. The molecule has 0 unspecified atom stereocenters. The van der Waals surface area contributed by atoms with Gasteiger partial charge >= 0.3 is 6.09 Å². The summed E-state index contributed by atoms with van der Waals surface area (Å²) in [5.41, 5.74) is 2.08. The Morgan fingerprint density at radius 1 is 1.12 bits per heavy atom. The highest BCUT2D eigenvalue weighted by atomic mass is 32.1. The second kappa shape index (κ2) is 9.69. The molecular formula is C24H30N4O4S. The number of thiazole rings is 1. The third-order valence-electron chi connectivity index (χ3n) is 6.86. The molecule has 8 nitrogen and oxygen atoms in total. The van der Waals surface area contributed by atoms with Crippen LogP contribution in [-0.4, -0.2) is 70.2 Å². The lowest BCUT2D eigenvalue weighted by Gasteiger charge is -2.44. The van der Waals surface area contributed by atoms with Crippen molar-refractivity contribution in [3.8, 4) is 16.3 Å². The van der Waals surface area contributed by atoms with E-state index in [1.165, 1.54) is 32.4 Å². The molecule has 0 bridgehead atoms. The first-order valence-electron chi connectivity index (χ1n) is 11.8. The number of fused-ring (bicyclic) bond motifs is 1. The topological polar surface area (TPSA) is 95.0 Å². The van der Waals surface area contributed by atoms with Gasteiger partial charge in [-0.15, -0.1) is 11.3 Å². The molecule has 3 aliphatic rings. The summed E-state index contributed by atoms with van der Waals surface area (Å²) in [6.07, 6.45) is 6.10. The highest BCUT2D eigenvalue weighted by Gasteiger charge is 2.35. The van der Waals surface area contributed by atoms with Gasteiger partial charge < -0.3 is 25.0 Å². The summed E-state index contributed by atoms with van der Waals surface area (Å²) in [7, 11) is 0. The van der Waals surface area contributed by atoms with Crippen molar-refractivity contribution in [2.24, 2.45) is 0 Å². The number of nitrogens with zero attached hydrogens (tertiary/aromatic N) is 3. The predicted octanol–water partition coefficient (Wildman–Crippen LogP) is 3.36. The number of hydrogen-bond acceptors (Lipinski definition) is 6. The number of ether oxygens (including phenoxy) is 1. The van der Waals surface area contributed by atoms with Crippen LogP contribution in [0.25, 0.3) is 10.6 Å². The minimum Gasteiger partial charge on any atom is -0.490 e. The zero-order chi connectivity index (χ0) is 22.8. The van der Waals surface area contributed by atoms with Crippen molar-refractivity contribution in [2.45, 2.75) is 57.2 Å². The molecule has 1 saturated carbocycles. The number of piperidine rings is 1. The number of carbonyl (C=O) groups excluding carboxylic acids is 1. The molecule has 5 rings (SSSR count). The third-order valence-corrected chi connectivity index (χ3v) is 7.99. The van der Waals surface area contributed by atoms with Gasteiger partial charge in [0.1, 0.15) is 23.4 Å². The van der Waals surface area contributed by atoms with Crippen LogP contribution in [0.1, 0.15) is 42.7 Å². The smallest absolute Gasteiger partial charge is 0.405 e. The minimum atomic E-state index is -1.19. The zero-order valence-corrected chi connectivity index (χ0v) is 19.5. The van der Waals surface area contributed by atoms with Crippen LogP contribution in [0.15, 0.2) is 24.3 Å². The molecule has 0 atom stereocenters. The van der Waals surface area contributed by atoms with E-state index in [1.54, 1.807) is 16.2 Å². The SMILES string of the molecule is O=C(O)NCC(=O)N1CCc2nc(-c3ccc(OC4CC(N5CCCCC5)C4)cc3)sc2C1. The molecule has 1 aliphatic carbocycles. The van der Waals surface area contributed by atoms with Crippen LogP contribution in [0.3, 0.4) is 0 Å². The predicted molar refractivity (Wildman–Crippen MR) is 126 cm³/mol. The summed E-state index contributed by atoms with van der Waals surface area (Å²) < 4.78 is 6.19. The number of rotatable bonds is 6. The number of carbonyl (C=O) groups is 2. The van der Waals surface area contributed by atoms with Gasteiger partial charge in [0.25, 0.3) is 0 Å². The maximum Gasteiger partial charge on any atom is 0.405 e. The molecule has 2 aromatic rings. The summed E-state index contributed by atoms with van der Waals surface area (Å²) in [6, 6.07) is 8.86. The molecule has 2 aliphatic heterocycles. The summed E-state index contributed by atoms with van der Waals surface area (Å²) >= 11 is 1.60. The molecule has 2 amide bonds. The Labute approximate surface area is 197 Å². The molecule has 9 heteroatoms. The third kappa shape index (κ3) is 5.14. The van der Waals surface area contributed by atoms with Crippen molar-refractivity contribution in [3.05, 3.63) is 34.8 Å². The van der Waals surface area contributed by atoms with E-state index in [4.69, 9.17) is 14.8 Å². The molecule has 1 aromatic carbocycles. The van der Waals surface area contributed by atoms with Crippen LogP contribution < -0.4 is 10.1 Å². The van der Waals surface area contributed by atoms with E-state index >= 15 is 0 Å². The fourth-order valence-electron chi connectivity index (χ4n) is 4.88. The van der Waals surface area contributed by atoms with Crippen LogP contribution in [0.2, 0.25) is 0 Å². The first-order chi connectivity index (χ1) is 16.0. The van der Waals surface area contributed by atoms with E-state index in [0.29, 0.717) is 31.7 Å². The Balaban J connectivity index is 1.15. The quantitative estimate of drug-likeness (QED) is 0.672. The van der Waals surface area contributed by atoms with E-state index in [1.807, 2.05) is 12.1 Å². The number of hydrogen-bond donors (Lipinski definition) is 2. The Bertz CT molecular complexity index is 996. The number of benzene rings is 1. The van der Waals surface area contributed by atoms with Crippen LogP contribution in [0.5, 0.6) is 5.75 Å². The van der Waals surface area contributed by atoms with Gasteiger partial charge in [0.05, 0.1) is 12.2 Å². The maximum atomic E-state index is 12.2. The van der Waals surface area contributed by atoms with E-state index in [0.717, 1.165) is 39.7 Å². The number of aromatic nitrogens is 1. The van der Waals surface area contributed by atoms with Crippen LogP contribution in [0, 0.1) is 0 Å². The van der Waals surface area contributed by atoms with Crippen molar-refractivity contribution in [2.75, 3.05) is 26.2 Å². The Hall–Kier alpha value is -2.65. The van der Waals surface area contributed by atoms with Crippen LogP contribution in [-0.2, 0) is 17.8 Å². The second-order valence-electron chi connectivity index (χ2n) is 9.10. The van der Waals surface area contributed by atoms with Gasteiger partial charge in [0, 0.05) is 42.3 Å². The molecule has 1 saturated heterocycles. The number of amides is 2. The van der Waals surface area contributed by atoms with E-state index in [2.05, 4.69) is 22.3 Å². The fourth-order valence-corrected chi connectivity index (χ4v) is 6.01. The molecule has 0 spiro atoms. The van der Waals surface area contributed by atoms with Crippen molar-refractivity contribution in [3.63, 3.8) is 0 Å². The molecule has 176 valence electrons. The molecule has 3 heterocycles. The summed E-state index contributed by atoms with van der Waals surface area (Å²) in [5, 5.41) is 11.8. The normalized spacial score (nSPS) is 22.8. The lowest BCUT2D eigenvalue weighted by molar-refractivity contribution is -0.131. The van der Waals surface area contributed by atoms with Gasteiger partial charge in [0.2, 0.25) is 5.91 Å². The molecular weight excluding hydrogens is 440 g/mol. The lowest BCUT2D eigenvalue weighted by Crippen LogP contribution is -2.50. The van der Waals surface area contributed by atoms with E-state index in [9.17, 15) is 9.59 Å². The van der Waals surface area contributed by atoms with Gasteiger partial charge in [-0.25, -0.2) is 9.78 Å². The number of carboxylic acid groups (broad SMARTS) is 1. The zero-order valence-electron chi connectivity index (χ0n) is 18.7. The standard InChI is InChI=1S/C24H30N4O4S/c29-22(14-25-24(30)31)28-11-8-20-21(15-28)33-23(26-20)16-4-6-18(7-5-16)32-19-12-17(13-19)27-9-2-1-3-10-27/h4-7,17,19,25H,1-3,8-15H2,(H,30,31). The van der Waals surface area contributed by atoms with Crippen molar-refractivity contribution in [1.29, 1.82) is 0 Å². The van der Waals surface area contributed by atoms with Crippen molar-refractivity contribution < 1.29 is 19.4 Å². The Morgan fingerprint density at radius 2 is 1.88 bits per heavy atom. The summed E-state index contributed by atoms with van der Waals surface area (Å²) in [6.45, 7) is 3.33. The van der Waals surface area contributed by atoms with E-state index in [-0.39, 0.29) is 12.5 Å². The molecule has 0 radical (unpaired) electrons. The highest BCUT2D eigenvalue weighted by Crippen LogP contribution is 2.34. The average Bonchev–Trinajstić information content (AvgIpc) is 3.24. The van der Waals surface area contributed by atoms with Crippen LogP contribution in [0.4, 0.5) is 4.79 Å². The monoisotopic (exact) mass is 470 g/mol. The largest absolute Gasteiger partial charge is 0.490 e. The number of likely N-dealkylation sites (tertiary alicyclic amines) is 1. The Morgan fingerprint density at radius 3 is 2.61 bits per heavy atom. The first kappa shape index (κ1) is 22.2. The first-order valence-corrected chi connectivity index (χ1v) is 12.6. The molecule has 1 aromatic heterocycles. The summed E-state index contributed by atoms with van der Waals surface area (Å²) in [5.74, 6) is 0.697.